The number of anilines is 2. The predicted molar refractivity (Wildman–Crippen MR) is 120 cm³/mol. The summed E-state index contributed by atoms with van der Waals surface area (Å²) < 4.78 is 43.4. The van der Waals surface area contributed by atoms with Crippen LogP contribution in [0.5, 0.6) is 0 Å². The van der Waals surface area contributed by atoms with Gasteiger partial charge in [0.2, 0.25) is 0 Å². The number of benzene rings is 2. The summed E-state index contributed by atoms with van der Waals surface area (Å²) in [6.45, 7) is 0.113. The van der Waals surface area contributed by atoms with E-state index in [1.165, 1.54) is 17.0 Å². The number of carbonyl (C=O) groups excluding carboxylic acids is 1. The van der Waals surface area contributed by atoms with E-state index in [4.69, 9.17) is 5.73 Å². The highest BCUT2D eigenvalue weighted by Gasteiger charge is 2.49. The molecule has 166 valence electrons. The lowest BCUT2D eigenvalue weighted by molar-refractivity contribution is -0.0970. The molecule has 9 heteroatoms. The number of likely N-dealkylation sites (tertiary alicyclic amines) is 1. The molecule has 2 aliphatic rings. The van der Waals surface area contributed by atoms with Crippen molar-refractivity contribution < 1.29 is 23.1 Å². The van der Waals surface area contributed by atoms with E-state index in [9.17, 15) is 23.1 Å². The van der Waals surface area contributed by atoms with Crippen LogP contribution in [0.15, 0.2) is 30.3 Å². The number of rotatable bonds is 5. The monoisotopic (exact) mass is 545 g/mol. The second kappa shape index (κ2) is 8.25. The molecule has 0 unspecified atom stereocenters. The summed E-state index contributed by atoms with van der Waals surface area (Å²) in [7, 11) is 0. The van der Waals surface area contributed by atoms with E-state index >= 15 is 0 Å². The van der Waals surface area contributed by atoms with Gasteiger partial charge in [-0.15, -0.1) is 0 Å². The second-order valence-electron chi connectivity index (χ2n) is 8.66. The second-order valence-corrected chi connectivity index (χ2v) is 9.91. The number of hydrogen-bond donors (Lipinski definition) is 3. The molecule has 0 aromatic heterocycles. The number of halogens is 4. The predicted octanol–water partition coefficient (Wildman–Crippen LogP) is 4.30. The minimum absolute atomic E-state index is 0.0567. The third-order valence-electron chi connectivity index (χ3n) is 6.05. The lowest BCUT2D eigenvalue weighted by atomic mass is 9.79. The van der Waals surface area contributed by atoms with Gasteiger partial charge in [0, 0.05) is 9.11 Å². The number of nitrogens with zero attached hydrogens (tertiary/aromatic N) is 1. The van der Waals surface area contributed by atoms with Crippen molar-refractivity contribution in [2.24, 2.45) is 5.73 Å². The van der Waals surface area contributed by atoms with Crippen molar-refractivity contribution in [3.63, 3.8) is 0 Å². The third-order valence-corrected chi connectivity index (χ3v) is 6.73. The van der Waals surface area contributed by atoms with Crippen molar-refractivity contribution in [1.82, 2.24) is 4.90 Å². The molecule has 4 N–H and O–H groups in total. The van der Waals surface area contributed by atoms with Crippen LogP contribution in [0.25, 0.3) is 0 Å². The fourth-order valence-corrected chi connectivity index (χ4v) is 5.03. The summed E-state index contributed by atoms with van der Waals surface area (Å²) in [6, 6.07) is 6.25. The highest BCUT2D eigenvalue weighted by molar-refractivity contribution is 14.1. The number of nitrogens with two attached hydrogens (primary N) is 1. The van der Waals surface area contributed by atoms with Crippen LogP contribution in [0.4, 0.5) is 24.5 Å². The fraction of sp³-hybridized carbons (Fsp3) is 0.409. The van der Waals surface area contributed by atoms with Gasteiger partial charge in [-0.25, -0.2) is 13.2 Å². The van der Waals surface area contributed by atoms with E-state index in [0.717, 1.165) is 37.8 Å². The van der Waals surface area contributed by atoms with Crippen molar-refractivity contribution in [2.75, 3.05) is 18.4 Å². The zero-order valence-electron chi connectivity index (χ0n) is 16.7. The van der Waals surface area contributed by atoms with E-state index in [-0.39, 0.29) is 24.3 Å². The first-order valence-corrected chi connectivity index (χ1v) is 11.2. The standard InChI is InChI=1S/C22H23F3IN3O2/c23-15-5-4-14(19(18(15)25)28-17-6-3-13(26)9-16(17)24)20(30)29-11-22(31,12-29)10-21(27)7-1-2-8-21/h3-6,9,28,31H,1-2,7-8,10-12,27H2. The summed E-state index contributed by atoms with van der Waals surface area (Å²) in [4.78, 5) is 14.4. The molecule has 4 rings (SSSR count). The number of amides is 1. The van der Waals surface area contributed by atoms with E-state index in [0.29, 0.717) is 9.99 Å². The Morgan fingerprint density at radius 2 is 1.81 bits per heavy atom. The number of carbonyl (C=O) groups is 1. The van der Waals surface area contributed by atoms with E-state index < -0.39 is 40.2 Å². The average molecular weight is 545 g/mol. The Kier molecular flexibility index (Phi) is 5.95. The molecule has 0 radical (unpaired) electrons. The molecule has 1 heterocycles. The van der Waals surface area contributed by atoms with E-state index in [2.05, 4.69) is 5.32 Å². The molecule has 2 fully saturated rings. The lowest BCUT2D eigenvalue weighted by Crippen LogP contribution is -2.66. The first-order chi connectivity index (χ1) is 14.6. The molecule has 31 heavy (non-hydrogen) atoms. The van der Waals surface area contributed by atoms with Crippen LogP contribution in [0, 0.1) is 21.0 Å². The van der Waals surface area contributed by atoms with Crippen molar-refractivity contribution in [2.45, 2.75) is 43.2 Å². The Balaban J connectivity index is 1.54. The number of hydrogen-bond acceptors (Lipinski definition) is 4. The average Bonchev–Trinajstić information content (AvgIpc) is 3.10. The fourth-order valence-electron chi connectivity index (χ4n) is 4.58. The first-order valence-electron chi connectivity index (χ1n) is 10.1. The molecule has 1 amide bonds. The molecule has 5 nitrogen and oxygen atoms in total. The minimum Gasteiger partial charge on any atom is -0.386 e. The molecule has 1 saturated heterocycles. The lowest BCUT2D eigenvalue weighted by Gasteiger charge is -2.49. The molecule has 0 atom stereocenters. The molecule has 2 aromatic rings. The summed E-state index contributed by atoms with van der Waals surface area (Å²) in [6.07, 6.45) is 4.10. The quantitative estimate of drug-likeness (QED) is 0.490. The van der Waals surface area contributed by atoms with Crippen molar-refractivity contribution >= 4 is 39.9 Å². The SMILES string of the molecule is NC1(CC2(O)CN(C(=O)c3ccc(F)c(F)c3Nc3ccc(I)cc3F)C2)CCCC1. The van der Waals surface area contributed by atoms with Gasteiger partial charge >= 0.3 is 0 Å². The van der Waals surface area contributed by atoms with Gasteiger partial charge in [0.1, 0.15) is 11.4 Å². The maximum Gasteiger partial charge on any atom is 0.256 e. The molecule has 1 aliphatic carbocycles. The summed E-state index contributed by atoms with van der Waals surface area (Å²) in [5.74, 6) is -3.66. The van der Waals surface area contributed by atoms with Gasteiger partial charge in [-0.1, -0.05) is 12.8 Å². The molecular weight excluding hydrogens is 522 g/mol. The van der Waals surface area contributed by atoms with Gasteiger partial charge in [0.05, 0.1) is 30.0 Å². The Morgan fingerprint density at radius 3 is 2.45 bits per heavy atom. The Bertz CT molecular complexity index is 1020. The van der Waals surface area contributed by atoms with Crippen LogP contribution in [0.1, 0.15) is 42.5 Å². The Hall–Kier alpha value is -1.85. The Morgan fingerprint density at radius 1 is 1.13 bits per heavy atom. The van der Waals surface area contributed by atoms with Crippen LogP contribution >= 0.6 is 22.6 Å². The van der Waals surface area contributed by atoms with E-state index in [1.807, 2.05) is 22.6 Å². The van der Waals surface area contributed by atoms with Gasteiger partial charge in [-0.05, 0) is 72.2 Å². The van der Waals surface area contributed by atoms with Gasteiger partial charge in [-0.3, -0.25) is 4.79 Å². The highest BCUT2D eigenvalue weighted by Crippen LogP contribution is 2.39. The topological polar surface area (TPSA) is 78.6 Å². The number of aliphatic hydroxyl groups is 1. The maximum absolute atomic E-state index is 14.6. The van der Waals surface area contributed by atoms with Crippen LogP contribution < -0.4 is 11.1 Å². The molecule has 1 saturated carbocycles. The highest BCUT2D eigenvalue weighted by atomic mass is 127. The number of nitrogens with one attached hydrogen (secondary N) is 1. The summed E-state index contributed by atoms with van der Waals surface area (Å²) >= 11 is 1.93. The minimum atomic E-state index is -1.27. The number of β-amino-alcohol motifs (C(OH)–C–C–N with tert-alkyl or cyclic N) is 1. The third kappa shape index (κ3) is 4.54. The van der Waals surface area contributed by atoms with Crippen LogP contribution in [-0.2, 0) is 0 Å². The van der Waals surface area contributed by atoms with Crippen molar-refractivity contribution in [3.05, 3.63) is 56.9 Å². The largest absolute Gasteiger partial charge is 0.386 e. The van der Waals surface area contributed by atoms with Gasteiger partial charge in [0.15, 0.2) is 11.6 Å². The van der Waals surface area contributed by atoms with Gasteiger partial charge < -0.3 is 21.1 Å². The summed E-state index contributed by atoms with van der Waals surface area (Å²) in [5.41, 5.74) is 4.18. The molecule has 2 aromatic carbocycles. The summed E-state index contributed by atoms with van der Waals surface area (Å²) in [5, 5.41) is 13.3. The van der Waals surface area contributed by atoms with Crippen molar-refractivity contribution in [1.29, 1.82) is 0 Å². The van der Waals surface area contributed by atoms with Gasteiger partial charge in [-0.2, -0.15) is 0 Å². The van der Waals surface area contributed by atoms with Gasteiger partial charge in [0.25, 0.3) is 5.91 Å². The van der Waals surface area contributed by atoms with Crippen LogP contribution in [0.3, 0.4) is 0 Å². The first kappa shape index (κ1) is 22.3. The Labute approximate surface area is 191 Å². The van der Waals surface area contributed by atoms with Crippen LogP contribution in [0.2, 0.25) is 0 Å². The molecular formula is C22H23F3IN3O2. The zero-order chi connectivity index (χ0) is 22.4. The van der Waals surface area contributed by atoms with Crippen LogP contribution in [-0.4, -0.2) is 40.1 Å². The molecule has 0 spiro atoms. The normalized spacial score (nSPS) is 19.2. The molecule has 1 aliphatic heterocycles. The zero-order valence-corrected chi connectivity index (χ0v) is 18.9. The van der Waals surface area contributed by atoms with E-state index in [1.54, 1.807) is 6.07 Å². The maximum atomic E-state index is 14.6. The van der Waals surface area contributed by atoms with Crippen molar-refractivity contribution in [3.8, 4) is 0 Å². The molecule has 0 bridgehead atoms. The smallest absolute Gasteiger partial charge is 0.256 e.